The van der Waals surface area contributed by atoms with Crippen LogP contribution in [0.15, 0.2) is 39.9 Å². The van der Waals surface area contributed by atoms with E-state index >= 15 is 0 Å². The minimum absolute atomic E-state index is 0.0458. The number of anilines is 1. The molecular formula is C17H19N3O5. The van der Waals surface area contributed by atoms with E-state index in [9.17, 15) is 19.5 Å². The van der Waals surface area contributed by atoms with Crippen molar-refractivity contribution in [3.63, 3.8) is 0 Å². The lowest BCUT2D eigenvalue weighted by Gasteiger charge is -2.15. The molecule has 0 fully saturated rings. The molecule has 8 heteroatoms. The van der Waals surface area contributed by atoms with Crippen LogP contribution in [0.4, 0.5) is 5.69 Å². The van der Waals surface area contributed by atoms with Gasteiger partial charge in [0.05, 0.1) is 18.4 Å². The first kappa shape index (κ1) is 18.1. The standard InChI is InChI=1S/C17H19N3O5/c1-5-12(13-14(21)19(2)17(24)20(3)15(13)22)18-11-8-6-7-10(9-11)16(23)25-4/h5-9,18,21H,1-4H3/b12-5+. The van der Waals surface area contributed by atoms with Gasteiger partial charge < -0.3 is 15.2 Å². The van der Waals surface area contributed by atoms with Crippen LogP contribution in [0.25, 0.3) is 5.70 Å². The zero-order chi connectivity index (χ0) is 18.7. The molecule has 0 unspecified atom stereocenters. The zero-order valence-electron chi connectivity index (χ0n) is 14.4. The van der Waals surface area contributed by atoms with Crippen LogP contribution in [0.2, 0.25) is 0 Å². The van der Waals surface area contributed by atoms with Crippen LogP contribution in [0.1, 0.15) is 22.8 Å². The lowest BCUT2D eigenvalue weighted by molar-refractivity contribution is 0.0601. The third kappa shape index (κ3) is 3.32. The topological polar surface area (TPSA) is 103 Å². The predicted octanol–water partition coefficient (Wildman–Crippen LogP) is 1.05. The number of hydrogen-bond donors (Lipinski definition) is 2. The van der Waals surface area contributed by atoms with E-state index in [1.807, 2.05) is 0 Å². The first-order chi connectivity index (χ1) is 11.8. The summed E-state index contributed by atoms with van der Waals surface area (Å²) >= 11 is 0. The smallest absolute Gasteiger partial charge is 0.337 e. The van der Waals surface area contributed by atoms with Crippen LogP contribution >= 0.6 is 0 Å². The van der Waals surface area contributed by atoms with E-state index in [1.165, 1.54) is 21.2 Å². The lowest BCUT2D eigenvalue weighted by atomic mass is 10.1. The Hall–Kier alpha value is -3.29. The number of allylic oxidation sites excluding steroid dienone is 1. The predicted molar refractivity (Wildman–Crippen MR) is 93.6 cm³/mol. The molecule has 1 heterocycles. The summed E-state index contributed by atoms with van der Waals surface area (Å²) in [6, 6.07) is 6.49. The van der Waals surface area contributed by atoms with Gasteiger partial charge in [-0.25, -0.2) is 9.59 Å². The SMILES string of the molecule is C/C=C(/Nc1cccc(C(=O)OC)c1)c1c(O)n(C)c(=O)n(C)c1=O. The number of aromatic nitrogens is 2. The lowest BCUT2D eigenvalue weighted by Crippen LogP contribution is -2.39. The minimum Gasteiger partial charge on any atom is -0.494 e. The van der Waals surface area contributed by atoms with Crippen LogP contribution in [-0.4, -0.2) is 27.3 Å². The summed E-state index contributed by atoms with van der Waals surface area (Å²) < 4.78 is 6.56. The van der Waals surface area contributed by atoms with E-state index in [4.69, 9.17) is 0 Å². The fourth-order valence-electron chi connectivity index (χ4n) is 2.35. The Morgan fingerprint density at radius 1 is 1.24 bits per heavy atom. The van der Waals surface area contributed by atoms with Crippen molar-refractivity contribution in [3.05, 3.63) is 62.3 Å². The number of aromatic hydroxyl groups is 1. The maximum Gasteiger partial charge on any atom is 0.337 e. The maximum atomic E-state index is 12.4. The van der Waals surface area contributed by atoms with Crippen molar-refractivity contribution in [3.8, 4) is 5.88 Å². The van der Waals surface area contributed by atoms with Crippen molar-refractivity contribution in [2.75, 3.05) is 12.4 Å². The van der Waals surface area contributed by atoms with Gasteiger partial charge in [0, 0.05) is 19.8 Å². The molecule has 2 aromatic rings. The Morgan fingerprint density at radius 2 is 1.92 bits per heavy atom. The Kier molecular flexibility index (Phi) is 5.11. The second-order valence-corrected chi connectivity index (χ2v) is 5.30. The summed E-state index contributed by atoms with van der Waals surface area (Å²) in [6.07, 6.45) is 1.59. The number of hydrogen-bond acceptors (Lipinski definition) is 6. The molecule has 132 valence electrons. The summed E-state index contributed by atoms with van der Waals surface area (Å²) in [5.74, 6) is -0.940. The number of nitrogens with zero attached hydrogens (tertiary/aromatic N) is 2. The fourth-order valence-corrected chi connectivity index (χ4v) is 2.35. The molecule has 0 bridgehead atoms. The van der Waals surface area contributed by atoms with Gasteiger partial charge in [0.1, 0.15) is 5.56 Å². The molecule has 2 rings (SSSR count). The third-order valence-electron chi connectivity index (χ3n) is 3.75. The van der Waals surface area contributed by atoms with E-state index in [0.717, 1.165) is 9.13 Å². The van der Waals surface area contributed by atoms with Gasteiger partial charge in [-0.2, -0.15) is 0 Å². The third-order valence-corrected chi connectivity index (χ3v) is 3.75. The largest absolute Gasteiger partial charge is 0.494 e. The second-order valence-electron chi connectivity index (χ2n) is 5.30. The summed E-state index contributed by atoms with van der Waals surface area (Å²) in [7, 11) is 3.98. The highest BCUT2D eigenvalue weighted by molar-refractivity contribution is 5.91. The molecule has 0 saturated carbocycles. The van der Waals surface area contributed by atoms with Crippen LogP contribution < -0.4 is 16.6 Å². The molecule has 0 amide bonds. The molecule has 0 aliphatic rings. The van der Waals surface area contributed by atoms with Crippen LogP contribution in [0.3, 0.4) is 0 Å². The molecule has 1 aromatic heterocycles. The Balaban J connectivity index is 2.52. The van der Waals surface area contributed by atoms with Crippen LogP contribution in [-0.2, 0) is 18.8 Å². The Morgan fingerprint density at radius 3 is 2.52 bits per heavy atom. The van der Waals surface area contributed by atoms with E-state index < -0.39 is 23.1 Å². The van der Waals surface area contributed by atoms with Crippen molar-refractivity contribution in [1.29, 1.82) is 0 Å². The average molecular weight is 345 g/mol. The zero-order valence-corrected chi connectivity index (χ0v) is 14.4. The molecule has 1 aromatic carbocycles. The van der Waals surface area contributed by atoms with Crippen molar-refractivity contribution in [2.45, 2.75) is 6.92 Å². The highest BCUT2D eigenvalue weighted by Gasteiger charge is 2.18. The van der Waals surface area contributed by atoms with Crippen molar-refractivity contribution in [2.24, 2.45) is 14.1 Å². The minimum atomic E-state index is -0.634. The molecule has 8 nitrogen and oxygen atoms in total. The summed E-state index contributed by atoms with van der Waals surface area (Å²) in [4.78, 5) is 35.9. The van der Waals surface area contributed by atoms with E-state index in [0.29, 0.717) is 16.9 Å². The highest BCUT2D eigenvalue weighted by atomic mass is 16.5. The Bertz CT molecular complexity index is 969. The number of ether oxygens (including phenoxy) is 1. The van der Waals surface area contributed by atoms with E-state index in [2.05, 4.69) is 10.1 Å². The molecule has 0 radical (unpaired) electrons. The number of rotatable bonds is 4. The number of nitrogens with one attached hydrogen (secondary N) is 1. The summed E-state index contributed by atoms with van der Waals surface area (Å²) in [5.41, 5.74) is -0.155. The molecule has 0 saturated heterocycles. The molecule has 0 spiro atoms. The van der Waals surface area contributed by atoms with Crippen molar-refractivity contribution in [1.82, 2.24) is 9.13 Å². The van der Waals surface area contributed by atoms with Gasteiger partial charge in [0.25, 0.3) is 5.56 Å². The van der Waals surface area contributed by atoms with E-state index in [1.54, 1.807) is 37.3 Å². The summed E-state index contributed by atoms with van der Waals surface area (Å²) in [5, 5.41) is 13.2. The van der Waals surface area contributed by atoms with Crippen molar-refractivity contribution < 1.29 is 14.6 Å². The molecule has 2 N–H and O–H groups in total. The monoisotopic (exact) mass is 345 g/mol. The van der Waals surface area contributed by atoms with Crippen LogP contribution in [0.5, 0.6) is 5.88 Å². The Labute approximate surface area is 143 Å². The molecule has 0 aliphatic carbocycles. The average Bonchev–Trinajstić information content (AvgIpc) is 2.63. The number of carbonyl (C=O) groups is 1. The first-order valence-electron chi connectivity index (χ1n) is 7.42. The van der Waals surface area contributed by atoms with Gasteiger partial charge in [-0.05, 0) is 25.1 Å². The number of benzene rings is 1. The van der Waals surface area contributed by atoms with Gasteiger partial charge >= 0.3 is 11.7 Å². The van der Waals surface area contributed by atoms with Crippen LogP contribution in [0, 0.1) is 0 Å². The van der Waals surface area contributed by atoms with Gasteiger partial charge in [-0.3, -0.25) is 13.9 Å². The molecule has 0 aliphatic heterocycles. The van der Waals surface area contributed by atoms with E-state index in [-0.39, 0.29) is 5.56 Å². The van der Waals surface area contributed by atoms with Gasteiger partial charge in [-0.1, -0.05) is 12.1 Å². The van der Waals surface area contributed by atoms with Crippen molar-refractivity contribution >= 4 is 17.4 Å². The molecule has 25 heavy (non-hydrogen) atoms. The van der Waals surface area contributed by atoms with Gasteiger partial charge in [0.2, 0.25) is 5.88 Å². The quantitative estimate of drug-likeness (QED) is 0.803. The normalized spacial score (nSPS) is 11.3. The second kappa shape index (κ2) is 7.08. The van der Waals surface area contributed by atoms with Gasteiger partial charge in [0.15, 0.2) is 0 Å². The number of methoxy groups -OCH3 is 1. The first-order valence-corrected chi connectivity index (χ1v) is 7.42. The number of carbonyl (C=O) groups excluding carboxylic acids is 1. The molecule has 0 atom stereocenters. The molecular weight excluding hydrogens is 326 g/mol. The maximum absolute atomic E-state index is 12.4. The highest BCUT2D eigenvalue weighted by Crippen LogP contribution is 2.22. The fraction of sp³-hybridized carbons (Fsp3) is 0.235. The number of esters is 1. The summed E-state index contributed by atoms with van der Waals surface area (Å²) in [6.45, 7) is 1.68. The van der Waals surface area contributed by atoms with Gasteiger partial charge in [-0.15, -0.1) is 0 Å².